The van der Waals surface area contributed by atoms with Crippen LogP contribution in [0.2, 0.25) is 0 Å². The van der Waals surface area contributed by atoms with Crippen molar-refractivity contribution < 1.29 is 28.6 Å². The average molecular weight is 477 g/mol. The quantitative estimate of drug-likeness (QED) is 0.436. The molecule has 3 N–H and O–H groups in total. The highest BCUT2D eigenvalue weighted by Crippen LogP contribution is 2.44. The summed E-state index contributed by atoms with van der Waals surface area (Å²) in [5, 5.41) is 14.1. The molecule has 0 spiro atoms. The van der Waals surface area contributed by atoms with Gasteiger partial charge in [-0.05, 0) is 47.7 Å². The number of rotatable bonds is 7. The zero-order valence-electron chi connectivity index (χ0n) is 19.3. The van der Waals surface area contributed by atoms with E-state index in [4.69, 9.17) is 9.84 Å². The number of carboxylic acids is 1. The Kier molecular flexibility index (Phi) is 6.55. The zero-order valence-corrected chi connectivity index (χ0v) is 19.3. The summed E-state index contributed by atoms with van der Waals surface area (Å²) in [6, 6.07) is 19.6. The Balaban J connectivity index is 1.45. The molecule has 0 saturated carbocycles. The Bertz CT molecular complexity index is 1260. The van der Waals surface area contributed by atoms with E-state index in [2.05, 4.69) is 10.6 Å². The van der Waals surface area contributed by atoms with Crippen molar-refractivity contribution in [1.82, 2.24) is 5.32 Å². The Hall–Kier alpha value is -4.20. The molecule has 0 saturated heterocycles. The number of fused-ring (bicyclic) bond motifs is 3. The number of amides is 2. The molecule has 7 nitrogen and oxygen atoms in total. The molecule has 180 valence electrons. The molecular weight excluding hydrogens is 451 g/mol. The summed E-state index contributed by atoms with van der Waals surface area (Å²) in [5.41, 5.74) is 2.04. The molecule has 2 amide bonds. The number of hydrogen-bond donors (Lipinski definition) is 3. The van der Waals surface area contributed by atoms with Crippen molar-refractivity contribution >= 4 is 23.7 Å². The topological polar surface area (TPSA) is 105 Å². The molecule has 0 radical (unpaired) electrons. The SMILES string of the molecule is CCC(C)(NC(=O)OCC1c2ccccc2-c2ccccc21)C(=O)Nc1cccc(C(=O)O)c1F. The summed E-state index contributed by atoms with van der Waals surface area (Å²) in [6.07, 6.45) is -0.602. The van der Waals surface area contributed by atoms with Gasteiger partial charge in [0.25, 0.3) is 0 Å². The lowest BCUT2D eigenvalue weighted by molar-refractivity contribution is -0.121. The lowest BCUT2D eigenvalue weighted by Crippen LogP contribution is -2.54. The summed E-state index contributed by atoms with van der Waals surface area (Å²) < 4.78 is 20.0. The molecule has 4 rings (SSSR count). The number of alkyl carbamates (subject to hydrolysis) is 1. The second-order valence-corrected chi connectivity index (χ2v) is 8.56. The predicted octanol–water partition coefficient (Wildman–Crippen LogP) is 5.17. The number of carboxylic acid groups (broad SMARTS) is 1. The molecule has 0 heterocycles. The summed E-state index contributed by atoms with van der Waals surface area (Å²) >= 11 is 0. The fourth-order valence-electron chi connectivity index (χ4n) is 4.22. The highest BCUT2D eigenvalue weighted by molar-refractivity contribution is 6.00. The first kappa shape index (κ1) is 23.9. The maximum Gasteiger partial charge on any atom is 0.408 e. The standard InChI is InChI=1S/C27H25FN2O5/c1-3-27(2,25(33)29-22-14-8-13-20(23(22)28)24(31)32)30-26(34)35-15-21-18-11-6-4-9-16(18)17-10-5-7-12-19(17)21/h4-14,21H,3,15H2,1-2H3,(H,29,33)(H,30,34)(H,31,32). The Morgan fingerprint density at radius 2 is 1.57 bits per heavy atom. The third-order valence-electron chi connectivity index (χ3n) is 6.41. The van der Waals surface area contributed by atoms with Gasteiger partial charge in [0.05, 0.1) is 11.3 Å². The molecule has 0 aliphatic heterocycles. The van der Waals surface area contributed by atoms with Gasteiger partial charge >= 0.3 is 12.1 Å². The van der Waals surface area contributed by atoms with Gasteiger partial charge < -0.3 is 20.5 Å². The molecule has 35 heavy (non-hydrogen) atoms. The van der Waals surface area contributed by atoms with Crippen LogP contribution in [-0.4, -0.2) is 35.2 Å². The van der Waals surface area contributed by atoms with Gasteiger partial charge in [-0.2, -0.15) is 0 Å². The fourth-order valence-corrected chi connectivity index (χ4v) is 4.22. The Morgan fingerprint density at radius 3 is 2.14 bits per heavy atom. The first-order valence-corrected chi connectivity index (χ1v) is 11.2. The maximum absolute atomic E-state index is 14.5. The van der Waals surface area contributed by atoms with Crippen LogP contribution < -0.4 is 10.6 Å². The molecule has 1 atom stereocenters. The lowest BCUT2D eigenvalue weighted by Gasteiger charge is -2.28. The van der Waals surface area contributed by atoms with Gasteiger partial charge in [0.15, 0.2) is 5.82 Å². The van der Waals surface area contributed by atoms with Crippen molar-refractivity contribution in [2.75, 3.05) is 11.9 Å². The van der Waals surface area contributed by atoms with Gasteiger partial charge in [0, 0.05) is 5.92 Å². The number of carbonyl (C=O) groups is 3. The van der Waals surface area contributed by atoms with Crippen LogP contribution in [0.4, 0.5) is 14.9 Å². The molecule has 3 aromatic rings. The van der Waals surface area contributed by atoms with E-state index >= 15 is 0 Å². The van der Waals surface area contributed by atoms with Gasteiger partial charge in [-0.15, -0.1) is 0 Å². The molecule has 1 aliphatic carbocycles. The number of nitrogens with one attached hydrogen (secondary N) is 2. The van der Waals surface area contributed by atoms with Crippen LogP contribution in [0, 0.1) is 5.82 Å². The molecule has 1 aliphatic rings. The lowest BCUT2D eigenvalue weighted by atomic mass is 9.97. The maximum atomic E-state index is 14.5. The number of ether oxygens (including phenoxy) is 1. The smallest absolute Gasteiger partial charge is 0.408 e. The van der Waals surface area contributed by atoms with Crippen LogP contribution in [-0.2, 0) is 9.53 Å². The molecule has 8 heteroatoms. The van der Waals surface area contributed by atoms with Crippen LogP contribution in [0.3, 0.4) is 0 Å². The molecule has 0 bridgehead atoms. The van der Waals surface area contributed by atoms with Crippen LogP contribution in [0.25, 0.3) is 11.1 Å². The van der Waals surface area contributed by atoms with Crippen LogP contribution in [0.1, 0.15) is 47.7 Å². The van der Waals surface area contributed by atoms with E-state index in [0.29, 0.717) is 0 Å². The summed E-state index contributed by atoms with van der Waals surface area (Å²) in [5.74, 6) is -3.35. The Labute approximate surface area is 201 Å². The second kappa shape index (κ2) is 9.58. The number of carbonyl (C=O) groups excluding carboxylic acids is 2. The van der Waals surface area contributed by atoms with Crippen molar-refractivity contribution in [3.63, 3.8) is 0 Å². The van der Waals surface area contributed by atoms with Crippen molar-refractivity contribution in [2.24, 2.45) is 0 Å². The highest BCUT2D eigenvalue weighted by Gasteiger charge is 2.35. The van der Waals surface area contributed by atoms with E-state index in [1.54, 1.807) is 6.92 Å². The van der Waals surface area contributed by atoms with Crippen molar-refractivity contribution in [3.8, 4) is 11.1 Å². The van der Waals surface area contributed by atoms with Gasteiger partial charge in [0.1, 0.15) is 12.1 Å². The number of hydrogen-bond acceptors (Lipinski definition) is 4. The van der Waals surface area contributed by atoms with E-state index in [1.807, 2.05) is 48.5 Å². The third-order valence-corrected chi connectivity index (χ3v) is 6.41. The molecule has 1 unspecified atom stereocenters. The number of benzene rings is 3. The highest BCUT2D eigenvalue weighted by atomic mass is 19.1. The number of halogens is 1. The minimum Gasteiger partial charge on any atom is -0.478 e. The van der Waals surface area contributed by atoms with E-state index in [1.165, 1.54) is 19.1 Å². The van der Waals surface area contributed by atoms with Crippen LogP contribution in [0.5, 0.6) is 0 Å². The summed E-state index contributed by atoms with van der Waals surface area (Å²) in [7, 11) is 0. The minimum absolute atomic E-state index is 0.0799. The molecular formula is C27H25FN2O5. The third kappa shape index (κ3) is 4.59. The number of aromatic carboxylic acids is 1. The summed E-state index contributed by atoms with van der Waals surface area (Å²) in [6.45, 7) is 3.26. The van der Waals surface area contributed by atoms with E-state index < -0.39 is 34.9 Å². The van der Waals surface area contributed by atoms with Crippen molar-refractivity contribution in [3.05, 3.63) is 89.2 Å². The minimum atomic E-state index is -1.45. The van der Waals surface area contributed by atoms with E-state index in [-0.39, 0.29) is 24.6 Å². The van der Waals surface area contributed by atoms with E-state index in [9.17, 15) is 18.8 Å². The van der Waals surface area contributed by atoms with Crippen molar-refractivity contribution in [1.29, 1.82) is 0 Å². The average Bonchev–Trinajstić information content (AvgIpc) is 3.17. The summed E-state index contributed by atoms with van der Waals surface area (Å²) in [4.78, 5) is 36.8. The van der Waals surface area contributed by atoms with Crippen LogP contribution in [0.15, 0.2) is 66.7 Å². The van der Waals surface area contributed by atoms with E-state index in [0.717, 1.165) is 28.3 Å². The van der Waals surface area contributed by atoms with Crippen LogP contribution >= 0.6 is 0 Å². The van der Waals surface area contributed by atoms with Crippen molar-refractivity contribution in [2.45, 2.75) is 31.7 Å². The first-order chi connectivity index (χ1) is 16.7. The molecule has 3 aromatic carbocycles. The monoisotopic (exact) mass is 476 g/mol. The molecule has 0 aromatic heterocycles. The second-order valence-electron chi connectivity index (χ2n) is 8.56. The van der Waals surface area contributed by atoms with Gasteiger partial charge in [-0.3, -0.25) is 4.79 Å². The largest absolute Gasteiger partial charge is 0.478 e. The fraction of sp³-hybridized carbons (Fsp3) is 0.222. The normalized spacial score (nSPS) is 13.8. The van der Waals surface area contributed by atoms with Gasteiger partial charge in [-0.25, -0.2) is 14.0 Å². The first-order valence-electron chi connectivity index (χ1n) is 11.2. The zero-order chi connectivity index (χ0) is 25.2. The van der Waals surface area contributed by atoms with Gasteiger partial charge in [0.2, 0.25) is 5.91 Å². The Morgan fingerprint density at radius 1 is 0.971 bits per heavy atom. The number of anilines is 1. The van der Waals surface area contributed by atoms with Gasteiger partial charge in [-0.1, -0.05) is 61.5 Å². The predicted molar refractivity (Wildman–Crippen MR) is 129 cm³/mol. The molecule has 0 fully saturated rings.